The molecule has 0 spiro atoms. The minimum absolute atomic E-state index is 0.00517. The van der Waals surface area contributed by atoms with Crippen LogP contribution in [0.5, 0.6) is 0 Å². The summed E-state index contributed by atoms with van der Waals surface area (Å²) < 4.78 is 4.76. The first kappa shape index (κ1) is 17.4. The minimum Gasteiger partial charge on any atom is -0.466 e. The average molecular weight is 261 g/mol. The van der Waals surface area contributed by atoms with Gasteiger partial charge in [0.15, 0.2) is 0 Å². The van der Waals surface area contributed by atoms with Crippen LogP contribution in [0.3, 0.4) is 0 Å². The van der Waals surface area contributed by atoms with Crippen LogP contribution >= 0.6 is 0 Å². The Morgan fingerprint density at radius 2 is 1.94 bits per heavy atom. The van der Waals surface area contributed by atoms with Gasteiger partial charge in [-0.1, -0.05) is 13.8 Å². The number of aliphatic hydroxyl groups excluding tert-OH is 2. The van der Waals surface area contributed by atoms with Gasteiger partial charge in [0.2, 0.25) is 0 Å². The van der Waals surface area contributed by atoms with Crippen molar-refractivity contribution in [2.75, 3.05) is 26.3 Å². The highest BCUT2D eigenvalue weighted by atomic mass is 16.5. The molecule has 0 aromatic carbocycles. The maximum atomic E-state index is 11.1. The lowest BCUT2D eigenvalue weighted by atomic mass is 9.83. The zero-order chi connectivity index (χ0) is 14.0. The zero-order valence-corrected chi connectivity index (χ0v) is 11.7. The van der Waals surface area contributed by atoms with E-state index in [-0.39, 0.29) is 24.4 Å². The second-order valence-electron chi connectivity index (χ2n) is 4.66. The van der Waals surface area contributed by atoms with Gasteiger partial charge in [0.05, 0.1) is 19.1 Å². The molecule has 0 rings (SSSR count). The Morgan fingerprint density at radius 1 is 1.33 bits per heavy atom. The molecular formula is C13H27NO4. The van der Waals surface area contributed by atoms with E-state index in [2.05, 4.69) is 5.32 Å². The molecule has 1 unspecified atom stereocenters. The Labute approximate surface area is 110 Å². The summed E-state index contributed by atoms with van der Waals surface area (Å²) in [5.74, 6) is -0.383. The third-order valence-corrected chi connectivity index (χ3v) is 3.42. The van der Waals surface area contributed by atoms with Gasteiger partial charge in [-0.05, 0) is 19.8 Å². The van der Waals surface area contributed by atoms with Crippen LogP contribution in [0.25, 0.3) is 0 Å². The highest BCUT2D eigenvalue weighted by molar-refractivity contribution is 5.69. The van der Waals surface area contributed by atoms with E-state index in [1.807, 2.05) is 13.8 Å². The van der Waals surface area contributed by atoms with Crippen molar-refractivity contribution in [1.82, 2.24) is 5.32 Å². The van der Waals surface area contributed by atoms with Gasteiger partial charge in [-0.3, -0.25) is 4.79 Å². The number of nitrogens with one attached hydrogen (secondary N) is 1. The molecule has 0 aliphatic carbocycles. The topological polar surface area (TPSA) is 78.8 Å². The molecule has 108 valence electrons. The quantitative estimate of drug-likeness (QED) is 0.504. The van der Waals surface area contributed by atoms with Crippen LogP contribution in [-0.2, 0) is 9.53 Å². The molecule has 0 radical (unpaired) electrons. The number of hydrogen-bond acceptors (Lipinski definition) is 5. The molecule has 5 heteroatoms. The summed E-state index contributed by atoms with van der Waals surface area (Å²) in [7, 11) is 0. The van der Waals surface area contributed by atoms with Gasteiger partial charge in [-0.2, -0.15) is 0 Å². The number of aliphatic hydroxyl groups is 2. The fourth-order valence-corrected chi connectivity index (χ4v) is 1.77. The van der Waals surface area contributed by atoms with Gasteiger partial charge in [0.25, 0.3) is 0 Å². The van der Waals surface area contributed by atoms with Crippen molar-refractivity contribution in [1.29, 1.82) is 0 Å². The normalized spacial score (nSPS) is 13.4. The average Bonchev–Trinajstić information content (AvgIpc) is 2.35. The van der Waals surface area contributed by atoms with Gasteiger partial charge in [0.1, 0.15) is 0 Å². The van der Waals surface area contributed by atoms with E-state index < -0.39 is 6.10 Å². The Morgan fingerprint density at radius 3 is 2.39 bits per heavy atom. The third kappa shape index (κ3) is 6.33. The molecule has 0 heterocycles. The Kier molecular flexibility index (Phi) is 8.97. The fourth-order valence-electron chi connectivity index (χ4n) is 1.77. The molecule has 0 amide bonds. The van der Waals surface area contributed by atoms with Gasteiger partial charge in [-0.25, -0.2) is 0 Å². The molecule has 0 saturated carbocycles. The Balaban J connectivity index is 3.92. The van der Waals surface area contributed by atoms with Crippen LogP contribution < -0.4 is 5.32 Å². The molecule has 0 aliphatic rings. The van der Waals surface area contributed by atoms with E-state index in [0.717, 1.165) is 12.8 Å². The predicted octanol–water partition coefficient (Wildman–Crippen LogP) is 0.689. The Hall–Kier alpha value is -0.650. The molecule has 3 N–H and O–H groups in total. The first-order valence-corrected chi connectivity index (χ1v) is 6.68. The molecule has 0 aromatic heterocycles. The van der Waals surface area contributed by atoms with E-state index in [1.54, 1.807) is 6.92 Å². The van der Waals surface area contributed by atoms with Crippen LogP contribution in [0, 0.1) is 5.41 Å². The first-order valence-electron chi connectivity index (χ1n) is 6.68. The third-order valence-electron chi connectivity index (χ3n) is 3.42. The van der Waals surface area contributed by atoms with Crippen molar-refractivity contribution in [2.45, 2.75) is 46.1 Å². The number of carbonyl (C=O) groups excluding carboxylic acids is 1. The summed E-state index contributed by atoms with van der Waals surface area (Å²) in [4.78, 5) is 11.1. The molecule has 0 aliphatic heterocycles. The summed E-state index contributed by atoms with van der Waals surface area (Å²) in [5.41, 5.74) is -0.135. The van der Waals surface area contributed by atoms with Crippen LogP contribution in [0.1, 0.15) is 40.0 Å². The van der Waals surface area contributed by atoms with Crippen LogP contribution in [-0.4, -0.2) is 48.6 Å². The standard InChI is InChI=1S/C13H27NO4/c1-4-13(5-2,10-15)9-14-8-11(16)7-12(17)18-6-3/h11,14-16H,4-10H2,1-3H3. The lowest BCUT2D eigenvalue weighted by Crippen LogP contribution is -2.40. The highest BCUT2D eigenvalue weighted by Crippen LogP contribution is 2.24. The highest BCUT2D eigenvalue weighted by Gasteiger charge is 2.25. The number of esters is 1. The molecule has 0 bridgehead atoms. The summed E-state index contributed by atoms with van der Waals surface area (Å²) in [6, 6.07) is 0. The monoisotopic (exact) mass is 261 g/mol. The number of rotatable bonds is 10. The lowest BCUT2D eigenvalue weighted by molar-refractivity contribution is -0.145. The summed E-state index contributed by atoms with van der Waals surface area (Å²) in [6.07, 6.45) is 1.02. The smallest absolute Gasteiger partial charge is 0.308 e. The second kappa shape index (κ2) is 9.30. The lowest BCUT2D eigenvalue weighted by Gasteiger charge is -2.30. The van der Waals surface area contributed by atoms with Crippen molar-refractivity contribution < 1.29 is 19.7 Å². The second-order valence-corrected chi connectivity index (χ2v) is 4.66. The Bertz CT molecular complexity index is 221. The van der Waals surface area contributed by atoms with E-state index in [1.165, 1.54) is 0 Å². The van der Waals surface area contributed by atoms with Crippen LogP contribution in [0.4, 0.5) is 0 Å². The summed E-state index contributed by atoms with van der Waals surface area (Å²) in [6.45, 7) is 7.24. The van der Waals surface area contributed by atoms with Gasteiger partial charge < -0.3 is 20.3 Å². The van der Waals surface area contributed by atoms with Gasteiger partial charge >= 0.3 is 5.97 Å². The molecule has 0 saturated heterocycles. The van der Waals surface area contributed by atoms with Gasteiger partial charge in [0, 0.05) is 25.1 Å². The van der Waals surface area contributed by atoms with Gasteiger partial charge in [-0.15, -0.1) is 0 Å². The van der Waals surface area contributed by atoms with Crippen molar-refractivity contribution in [3.8, 4) is 0 Å². The summed E-state index contributed by atoms with van der Waals surface area (Å²) in [5, 5.41) is 22.1. The van der Waals surface area contributed by atoms with E-state index in [0.29, 0.717) is 19.7 Å². The molecule has 1 atom stereocenters. The zero-order valence-electron chi connectivity index (χ0n) is 11.7. The van der Waals surface area contributed by atoms with E-state index in [4.69, 9.17) is 4.74 Å². The predicted molar refractivity (Wildman–Crippen MR) is 70.2 cm³/mol. The fraction of sp³-hybridized carbons (Fsp3) is 0.923. The van der Waals surface area contributed by atoms with Crippen molar-refractivity contribution in [2.24, 2.45) is 5.41 Å². The summed E-state index contributed by atoms with van der Waals surface area (Å²) >= 11 is 0. The first-order chi connectivity index (χ1) is 8.53. The molecule has 0 aromatic rings. The van der Waals surface area contributed by atoms with Crippen LogP contribution in [0.15, 0.2) is 0 Å². The maximum absolute atomic E-state index is 11.1. The van der Waals surface area contributed by atoms with E-state index in [9.17, 15) is 15.0 Å². The van der Waals surface area contributed by atoms with Crippen molar-refractivity contribution >= 4 is 5.97 Å². The number of hydrogen-bond donors (Lipinski definition) is 3. The number of carbonyl (C=O) groups is 1. The molecule has 18 heavy (non-hydrogen) atoms. The number of ether oxygens (including phenoxy) is 1. The molecule has 0 fully saturated rings. The van der Waals surface area contributed by atoms with Crippen LogP contribution in [0.2, 0.25) is 0 Å². The molecular weight excluding hydrogens is 234 g/mol. The largest absolute Gasteiger partial charge is 0.466 e. The van der Waals surface area contributed by atoms with Crippen molar-refractivity contribution in [3.05, 3.63) is 0 Å². The molecule has 5 nitrogen and oxygen atoms in total. The van der Waals surface area contributed by atoms with E-state index >= 15 is 0 Å². The minimum atomic E-state index is -0.742. The van der Waals surface area contributed by atoms with Crippen molar-refractivity contribution in [3.63, 3.8) is 0 Å². The SMILES string of the molecule is CCOC(=O)CC(O)CNCC(CC)(CC)CO. The maximum Gasteiger partial charge on any atom is 0.308 e.